The second-order valence-electron chi connectivity index (χ2n) is 4.00. The molecule has 76 valence electrons. The van der Waals surface area contributed by atoms with Gasteiger partial charge in [0, 0.05) is 5.02 Å². The zero-order valence-electron chi connectivity index (χ0n) is 8.59. The summed E-state index contributed by atoms with van der Waals surface area (Å²) in [5.74, 6) is 0. The number of ether oxygens (including phenoxy) is 1. The van der Waals surface area contributed by atoms with Gasteiger partial charge in [0.05, 0.1) is 12.2 Å². The van der Waals surface area contributed by atoms with Crippen molar-refractivity contribution in [3.05, 3.63) is 34.3 Å². The Morgan fingerprint density at radius 1 is 1.43 bits per heavy atom. The molecule has 14 heavy (non-hydrogen) atoms. The summed E-state index contributed by atoms with van der Waals surface area (Å²) in [6, 6.07) is 6.24. The lowest BCUT2D eigenvalue weighted by atomic mass is 10.1. The topological polar surface area (TPSA) is 12.5 Å². The molecule has 1 aliphatic rings. The first-order valence-corrected chi connectivity index (χ1v) is 5.45. The predicted octanol–water partition coefficient (Wildman–Crippen LogP) is 3.37. The first-order valence-electron chi connectivity index (χ1n) is 5.07. The zero-order chi connectivity index (χ0) is 10.1. The second kappa shape index (κ2) is 3.92. The van der Waals surface area contributed by atoms with Crippen molar-refractivity contribution in [2.24, 2.45) is 0 Å². The van der Waals surface area contributed by atoms with Crippen LogP contribution in [0.2, 0.25) is 5.02 Å². The van der Waals surface area contributed by atoms with Crippen LogP contribution in [-0.4, -0.2) is 12.2 Å². The van der Waals surface area contributed by atoms with E-state index in [2.05, 4.69) is 19.1 Å². The number of rotatable bonds is 3. The fourth-order valence-corrected chi connectivity index (χ4v) is 1.82. The van der Waals surface area contributed by atoms with Crippen LogP contribution in [-0.2, 0) is 11.2 Å². The lowest BCUT2D eigenvalue weighted by molar-refractivity contribution is 0.370. The zero-order valence-corrected chi connectivity index (χ0v) is 9.34. The molecule has 2 heteroatoms. The summed E-state index contributed by atoms with van der Waals surface area (Å²) in [5, 5.41) is 0.852. The molecule has 1 nitrogen and oxygen atoms in total. The molecule has 1 aromatic rings. The monoisotopic (exact) mass is 210 g/mol. The maximum atomic E-state index is 5.95. The van der Waals surface area contributed by atoms with E-state index in [1.807, 2.05) is 13.0 Å². The number of hydrogen-bond donors (Lipinski definition) is 0. The smallest absolute Gasteiger partial charge is 0.0842 e. The molecule has 0 N–H and O–H groups in total. The van der Waals surface area contributed by atoms with E-state index in [9.17, 15) is 0 Å². The fourth-order valence-electron chi connectivity index (χ4n) is 1.70. The molecule has 0 aromatic heterocycles. The van der Waals surface area contributed by atoms with Gasteiger partial charge in [0.1, 0.15) is 0 Å². The van der Waals surface area contributed by atoms with Gasteiger partial charge in [-0.2, -0.15) is 0 Å². The Balaban J connectivity index is 1.92. The summed E-state index contributed by atoms with van der Waals surface area (Å²) in [4.78, 5) is 0. The third-order valence-electron chi connectivity index (χ3n) is 2.78. The maximum absolute atomic E-state index is 5.95. The molecule has 0 bridgehead atoms. The highest BCUT2D eigenvalue weighted by molar-refractivity contribution is 6.31. The number of aryl methyl sites for hydroxylation is 2. The molecular formula is C12H15ClO. The molecule has 0 amide bonds. The van der Waals surface area contributed by atoms with E-state index in [4.69, 9.17) is 16.3 Å². The fraction of sp³-hybridized carbons (Fsp3) is 0.500. The molecule has 0 spiro atoms. The Kier molecular flexibility index (Phi) is 2.80. The quantitative estimate of drug-likeness (QED) is 0.697. The summed E-state index contributed by atoms with van der Waals surface area (Å²) in [6.45, 7) is 4.17. The minimum atomic E-state index is 0.475. The SMILES string of the molecule is Cc1cc(CCC2OC2C)ccc1Cl. The lowest BCUT2D eigenvalue weighted by Gasteiger charge is -2.02. The summed E-state index contributed by atoms with van der Waals surface area (Å²) in [7, 11) is 0. The maximum Gasteiger partial charge on any atom is 0.0842 e. The largest absolute Gasteiger partial charge is 0.370 e. The summed E-state index contributed by atoms with van der Waals surface area (Å²) >= 11 is 5.95. The Morgan fingerprint density at radius 3 is 2.71 bits per heavy atom. The van der Waals surface area contributed by atoms with Crippen LogP contribution in [0.1, 0.15) is 24.5 Å². The first kappa shape index (κ1) is 10.0. The number of hydrogen-bond acceptors (Lipinski definition) is 1. The number of epoxide rings is 1. The molecule has 1 saturated heterocycles. The van der Waals surface area contributed by atoms with Crippen molar-refractivity contribution in [2.75, 3.05) is 0 Å². The molecule has 2 rings (SSSR count). The van der Waals surface area contributed by atoms with Gasteiger partial charge in [0.25, 0.3) is 0 Å². The molecule has 0 saturated carbocycles. The molecule has 2 atom stereocenters. The van der Waals surface area contributed by atoms with Crippen LogP contribution in [0.3, 0.4) is 0 Å². The van der Waals surface area contributed by atoms with Gasteiger partial charge in [0.2, 0.25) is 0 Å². The molecule has 1 fully saturated rings. The highest BCUT2D eigenvalue weighted by Gasteiger charge is 2.33. The molecule has 0 aliphatic carbocycles. The molecule has 0 radical (unpaired) electrons. The van der Waals surface area contributed by atoms with Gasteiger partial charge in [-0.25, -0.2) is 0 Å². The second-order valence-corrected chi connectivity index (χ2v) is 4.41. The van der Waals surface area contributed by atoms with Gasteiger partial charge < -0.3 is 4.74 Å². The van der Waals surface area contributed by atoms with Gasteiger partial charge in [0.15, 0.2) is 0 Å². The first-order chi connectivity index (χ1) is 6.66. The van der Waals surface area contributed by atoms with E-state index < -0.39 is 0 Å². The highest BCUT2D eigenvalue weighted by atomic mass is 35.5. The summed E-state index contributed by atoms with van der Waals surface area (Å²) in [5.41, 5.74) is 2.52. The molecular weight excluding hydrogens is 196 g/mol. The van der Waals surface area contributed by atoms with Gasteiger partial charge >= 0.3 is 0 Å². The lowest BCUT2D eigenvalue weighted by Crippen LogP contribution is -1.94. The summed E-state index contributed by atoms with van der Waals surface area (Å²) < 4.78 is 5.37. The number of benzene rings is 1. The van der Waals surface area contributed by atoms with E-state index >= 15 is 0 Å². The van der Waals surface area contributed by atoms with Crippen molar-refractivity contribution in [1.29, 1.82) is 0 Å². The van der Waals surface area contributed by atoms with Crippen molar-refractivity contribution in [1.82, 2.24) is 0 Å². The van der Waals surface area contributed by atoms with E-state index in [0.717, 1.165) is 23.4 Å². The Hall–Kier alpha value is -0.530. The normalized spacial score (nSPS) is 25.1. The number of halogens is 1. The molecule has 1 heterocycles. The Labute approximate surface area is 90.0 Å². The Bertz CT molecular complexity index is 335. The summed E-state index contributed by atoms with van der Waals surface area (Å²) in [6.07, 6.45) is 3.18. The molecule has 1 aliphatic heterocycles. The van der Waals surface area contributed by atoms with Gasteiger partial charge in [-0.1, -0.05) is 23.7 Å². The minimum Gasteiger partial charge on any atom is -0.370 e. The van der Waals surface area contributed by atoms with Gasteiger partial charge in [-0.05, 0) is 43.9 Å². The van der Waals surface area contributed by atoms with Crippen LogP contribution >= 0.6 is 11.6 Å². The van der Waals surface area contributed by atoms with E-state index in [1.54, 1.807) is 0 Å². The van der Waals surface area contributed by atoms with Gasteiger partial charge in [-0.15, -0.1) is 0 Å². The third kappa shape index (κ3) is 2.28. The van der Waals surface area contributed by atoms with Crippen molar-refractivity contribution >= 4 is 11.6 Å². The minimum absolute atomic E-state index is 0.475. The van der Waals surface area contributed by atoms with Crippen LogP contribution in [0.5, 0.6) is 0 Å². The van der Waals surface area contributed by atoms with Crippen molar-refractivity contribution in [2.45, 2.75) is 38.9 Å². The van der Waals surface area contributed by atoms with E-state index in [0.29, 0.717) is 12.2 Å². The molecule has 1 aromatic carbocycles. The van der Waals surface area contributed by atoms with Gasteiger partial charge in [-0.3, -0.25) is 0 Å². The van der Waals surface area contributed by atoms with Crippen molar-refractivity contribution in [3.63, 3.8) is 0 Å². The Morgan fingerprint density at radius 2 is 2.14 bits per heavy atom. The molecule has 2 unspecified atom stereocenters. The highest BCUT2D eigenvalue weighted by Crippen LogP contribution is 2.26. The van der Waals surface area contributed by atoms with Crippen molar-refractivity contribution < 1.29 is 4.74 Å². The standard InChI is InChI=1S/C12H15ClO/c1-8-7-10(3-5-11(8)13)4-6-12-9(2)14-12/h3,5,7,9,12H,4,6H2,1-2H3. The van der Waals surface area contributed by atoms with Crippen molar-refractivity contribution in [3.8, 4) is 0 Å². The van der Waals surface area contributed by atoms with Crippen LogP contribution in [0.15, 0.2) is 18.2 Å². The van der Waals surface area contributed by atoms with E-state index in [-0.39, 0.29) is 0 Å². The van der Waals surface area contributed by atoms with Crippen LogP contribution in [0.4, 0.5) is 0 Å². The van der Waals surface area contributed by atoms with E-state index in [1.165, 1.54) is 5.56 Å². The predicted molar refractivity (Wildman–Crippen MR) is 58.8 cm³/mol. The average molecular weight is 211 g/mol. The van der Waals surface area contributed by atoms with Crippen LogP contribution in [0, 0.1) is 6.92 Å². The van der Waals surface area contributed by atoms with Crippen LogP contribution in [0.25, 0.3) is 0 Å². The third-order valence-corrected chi connectivity index (χ3v) is 3.20. The average Bonchev–Trinajstić information content (AvgIpc) is 2.85. The van der Waals surface area contributed by atoms with Crippen LogP contribution < -0.4 is 0 Å².